The highest BCUT2D eigenvalue weighted by atomic mass is 16.5. The van der Waals surface area contributed by atoms with Crippen LogP contribution in [-0.2, 0) is 16.1 Å². The summed E-state index contributed by atoms with van der Waals surface area (Å²) < 4.78 is 11.9. The van der Waals surface area contributed by atoms with Crippen molar-refractivity contribution in [2.75, 3.05) is 57.1 Å². The summed E-state index contributed by atoms with van der Waals surface area (Å²) >= 11 is 0. The van der Waals surface area contributed by atoms with Gasteiger partial charge < -0.3 is 29.9 Å². The fourth-order valence-electron chi connectivity index (χ4n) is 5.29. The van der Waals surface area contributed by atoms with E-state index >= 15 is 0 Å². The minimum atomic E-state index is 0.0252. The van der Waals surface area contributed by atoms with E-state index < -0.39 is 0 Å². The number of hydrogen-bond acceptors (Lipinski definition) is 8. The van der Waals surface area contributed by atoms with Gasteiger partial charge in [-0.05, 0) is 74.3 Å². The fraction of sp³-hybridized carbons (Fsp3) is 0.364. The lowest BCUT2D eigenvalue weighted by Crippen LogP contribution is -2.46. The highest BCUT2D eigenvalue weighted by molar-refractivity contribution is 5.87. The third-order valence-corrected chi connectivity index (χ3v) is 7.60. The normalized spacial score (nSPS) is 16.9. The van der Waals surface area contributed by atoms with Gasteiger partial charge >= 0.3 is 0 Å². The van der Waals surface area contributed by atoms with Crippen LogP contribution in [0.1, 0.15) is 24.8 Å². The molecule has 0 unspecified atom stereocenters. The maximum Gasteiger partial charge on any atom is 0.245 e. The Kier molecular flexibility index (Phi) is 10.2. The van der Waals surface area contributed by atoms with E-state index in [-0.39, 0.29) is 5.91 Å². The molecule has 3 aromatic rings. The van der Waals surface area contributed by atoms with Gasteiger partial charge in [-0.25, -0.2) is 9.97 Å². The number of nitrogens with one attached hydrogen (secondary N) is 2. The number of piperidine rings is 1. The lowest BCUT2D eigenvalue weighted by atomic mass is 10.0. The number of anilines is 3. The number of benzene rings is 2. The molecule has 2 aromatic carbocycles. The Labute approximate surface area is 248 Å². The van der Waals surface area contributed by atoms with E-state index in [9.17, 15) is 4.79 Å². The van der Waals surface area contributed by atoms with Crippen LogP contribution in [0.3, 0.4) is 0 Å². The Balaban J connectivity index is 1.27. The molecular weight excluding hydrogens is 528 g/mol. The maximum absolute atomic E-state index is 11.9. The van der Waals surface area contributed by atoms with Gasteiger partial charge in [-0.3, -0.25) is 4.79 Å². The Bertz CT molecular complexity index is 1390. The van der Waals surface area contributed by atoms with Crippen molar-refractivity contribution in [1.29, 1.82) is 0 Å². The van der Waals surface area contributed by atoms with Crippen LogP contribution >= 0.6 is 0 Å². The maximum atomic E-state index is 11.9. The van der Waals surface area contributed by atoms with Crippen molar-refractivity contribution in [2.45, 2.75) is 31.9 Å². The lowest BCUT2D eigenvalue weighted by molar-refractivity contribution is -0.127. The number of likely N-dealkylation sites (N-methyl/N-ethyl adjacent to an activating group) is 1. The van der Waals surface area contributed by atoms with Crippen LogP contribution in [-0.4, -0.2) is 78.2 Å². The van der Waals surface area contributed by atoms with Gasteiger partial charge in [-0.15, -0.1) is 0 Å². The third kappa shape index (κ3) is 8.18. The van der Waals surface area contributed by atoms with Crippen molar-refractivity contribution in [1.82, 2.24) is 19.8 Å². The molecule has 1 aromatic heterocycles. The van der Waals surface area contributed by atoms with Crippen molar-refractivity contribution >= 4 is 23.2 Å². The Morgan fingerprint density at radius 3 is 2.93 bits per heavy atom. The second-order valence-electron chi connectivity index (χ2n) is 10.6. The number of hydrogen-bond donors (Lipinski definition) is 2. The average Bonchev–Trinajstić information content (AvgIpc) is 3.02. The zero-order valence-corrected chi connectivity index (χ0v) is 24.3. The zero-order chi connectivity index (χ0) is 29.1. The monoisotopic (exact) mass is 568 g/mol. The van der Waals surface area contributed by atoms with E-state index in [0.717, 1.165) is 79.4 Å². The third-order valence-electron chi connectivity index (χ3n) is 7.60. The lowest BCUT2D eigenvalue weighted by Gasteiger charge is -2.36. The van der Waals surface area contributed by atoms with Gasteiger partial charge in [0.2, 0.25) is 11.9 Å². The molecular formula is C33H40N6O3. The number of aromatic nitrogens is 2. The number of nitrogens with zero attached hydrogens (tertiary/aromatic N) is 4. The first kappa shape index (κ1) is 29.3. The number of carbonyl (C=O) groups excluding carboxylic acids is 1. The smallest absolute Gasteiger partial charge is 0.245 e. The van der Waals surface area contributed by atoms with Gasteiger partial charge in [-0.2, -0.15) is 0 Å². The standard InChI is InChI=1S/C33H40N6O3/c1-3-32(40)39-15-11-29(12-16-39)38(2)17-14-34-27-20-25-21-28(23-27)36-33-35-13-10-31(37-33)26-8-7-9-30(22-26)42-19-6-4-5-18-41-24-25/h3-5,7-10,13,20-23,29,34H,1,6,11-12,14-19,24H2,2H3,(H,35,36,37)/b5-4+. The largest absolute Gasteiger partial charge is 0.493 e. The predicted molar refractivity (Wildman–Crippen MR) is 167 cm³/mol. The molecule has 9 nitrogen and oxygen atoms in total. The number of carbonyl (C=O) groups is 1. The second kappa shape index (κ2) is 14.6. The summed E-state index contributed by atoms with van der Waals surface area (Å²) in [7, 11) is 2.16. The van der Waals surface area contributed by atoms with Crippen molar-refractivity contribution < 1.29 is 14.3 Å². The zero-order valence-electron chi connectivity index (χ0n) is 24.3. The SMILES string of the molecule is C=CC(=O)N1CCC(N(C)CCNc2cc3cc(c2)Nc2nccc(n2)-c2cccc(c2)OCC/C=C/COC3)CC1. The van der Waals surface area contributed by atoms with E-state index in [1.807, 2.05) is 41.3 Å². The summed E-state index contributed by atoms with van der Waals surface area (Å²) in [5.74, 6) is 1.36. The molecule has 0 atom stereocenters. The number of fused-ring (bicyclic) bond motifs is 7. The number of rotatable bonds is 6. The van der Waals surface area contributed by atoms with Gasteiger partial charge in [0, 0.05) is 55.4 Å². The number of ether oxygens (including phenoxy) is 2. The molecule has 2 aliphatic rings. The molecule has 0 spiro atoms. The number of likely N-dealkylation sites (tertiary alicyclic amines) is 1. The van der Waals surface area contributed by atoms with E-state index in [0.29, 0.717) is 31.8 Å². The Morgan fingerprint density at radius 2 is 2.07 bits per heavy atom. The average molecular weight is 569 g/mol. The van der Waals surface area contributed by atoms with Crippen LogP contribution in [0.4, 0.5) is 17.3 Å². The van der Waals surface area contributed by atoms with Crippen LogP contribution in [0, 0.1) is 0 Å². The van der Waals surface area contributed by atoms with Crippen molar-refractivity contribution in [3.8, 4) is 17.0 Å². The second-order valence-corrected chi connectivity index (χ2v) is 10.6. The molecule has 220 valence electrons. The molecule has 3 heterocycles. The summed E-state index contributed by atoms with van der Waals surface area (Å²) in [5, 5.41) is 6.99. The molecule has 1 saturated heterocycles. The van der Waals surface area contributed by atoms with Gasteiger partial charge in [0.15, 0.2) is 0 Å². The summed E-state index contributed by atoms with van der Waals surface area (Å²) in [6.07, 6.45) is 10.1. The molecule has 42 heavy (non-hydrogen) atoms. The van der Waals surface area contributed by atoms with Crippen LogP contribution in [0.25, 0.3) is 11.3 Å². The van der Waals surface area contributed by atoms with Crippen LogP contribution < -0.4 is 15.4 Å². The highest BCUT2D eigenvalue weighted by Crippen LogP contribution is 2.26. The summed E-state index contributed by atoms with van der Waals surface area (Å²) in [4.78, 5) is 25.4. The molecule has 0 aliphatic carbocycles. The van der Waals surface area contributed by atoms with Gasteiger partial charge in [-0.1, -0.05) is 30.9 Å². The van der Waals surface area contributed by atoms with Crippen LogP contribution in [0.2, 0.25) is 0 Å². The van der Waals surface area contributed by atoms with Gasteiger partial charge in [0.05, 0.1) is 25.5 Å². The molecule has 5 rings (SSSR count). The van der Waals surface area contributed by atoms with E-state index in [2.05, 4.69) is 58.4 Å². The van der Waals surface area contributed by atoms with Gasteiger partial charge in [0.25, 0.3) is 0 Å². The first-order valence-electron chi connectivity index (χ1n) is 14.6. The molecule has 1 amide bonds. The minimum absolute atomic E-state index is 0.0252. The first-order chi connectivity index (χ1) is 20.6. The first-order valence-corrected chi connectivity index (χ1v) is 14.6. The molecule has 2 aliphatic heterocycles. The molecule has 0 saturated carbocycles. The Morgan fingerprint density at radius 1 is 1.19 bits per heavy atom. The minimum Gasteiger partial charge on any atom is -0.493 e. The van der Waals surface area contributed by atoms with Crippen LogP contribution in [0.5, 0.6) is 5.75 Å². The van der Waals surface area contributed by atoms with Crippen LogP contribution in [0.15, 0.2) is 79.5 Å². The van der Waals surface area contributed by atoms with Crippen molar-refractivity contribution in [2.24, 2.45) is 0 Å². The predicted octanol–water partition coefficient (Wildman–Crippen LogP) is 5.26. The highest BCUT2D eigenvalue weighted by Gasteiger charge is 2.23. The van der Waals surface area contributed by atoms with E-state index in [1.165, 1.54) is 6.08 Å². The van der Waals surface area contributed by atoms with Gasteiger partial charge in [0.1, 0.15) is 5.75 Å². The fourth-order valence-corrected chi connectivity index (χ4v) is 5.29. The Hall–Kier alpha value is -4.21. The molecule has 1 fully saturated rings. The molecule has 2 N–H and O–H groups in total. The van der Waals surface area contributed by atoms with Crippen molar-refractivity contribution in [3.05, 3.63) is 85.1 Å². The quantitative estimate of drug-likeness (QED) is 0.307. The summed E-state index contributed by atoms with van der Waals surface area (Å²) in [5.41, 5.74) is 4.74. The van der Waals surface area contributed by atoms with E-state index in [4.69, 9.17) is 14.5 Å². The molecule has 9 heteroatoms. The summed E-state index contributed by atoms with van der Waals surface area (Å²) in [6, 6.07) is 16.6. The van der Waals surface area contributed by atoms with Crippen molar-refractivity contribution in [3.63, 3.8) is 0 Å². The topological polar surface area (TPSA) is 91.9 Å². The number of amides is 1. The molecule has 0 radical (unpaired) electrons. The van der Waals surface area contributed by atoms with E-state index in [1.54, 1.807) is 6.20 Å². The summed E-state index contributed by atoms with van der Waals surface area (Å²) in [6.45, 7) is 8.46. The molecule has 6 bridgehead atoms.